The zero-order chi connectivity index (χ0) is 26.5. The first-order valence-corrected chi connectivity index (χ1v) is 15.6. The van der Waals surface area contributed by atoms with E-state index < -0.39 is 0 Å². The van der Waals surface area contributed by atoms with E-state index in [-0.39, 0.29) is 23.2 Å². The number of hydrogen-bond acceptors (Lipinski definition) is 5. The molecule has 0 spiro atoms. The van der Waals surface area contributed by atoms with E-state index in [2.05, 4.69) is 50.6 Å². The van der Waals surface area contributed by atoms with Crippen molar-refractivity contribution in [2.75, 3.05) is 26.2 Å². The predicted octanol–water partition coefficient (Wildman–Crippen LogP) is 7.28. The van der Waals surface area contributed by atoms with Crippen LogP contribution in [0.4, 0.5) is 0 Å². The maximum atomic E-state index is 11.8. The van der Waals surface area contributed by atoms with Gasteiger partial charge >= 0.3 is 5.97 Å². The third kappa shape index (κ3) is 19.5. The topological polar surface area (TPSA) is 62.4 Å². The van der Waals surface area contributed by atoms with Crippen molar-refractivity contribution in [2.45, 2.75) is 167 Å². The first-order valence-electron chi connectivity index (χ1n) is 15.6. The number of carbonyl (C=O) groups is 1. The fraction of sp³-hybridized carbons (Fsp3) is 0.968. The molecule has 2 heterocycles. The van der Waals surface area contributed by atoms with Crippen LogP contribution < -0.4 is 16.0 Å². The summed E-state index contributed by atoms with van der Waals surface area (Å²) >= 11 is 0. The van der Waals surface area contributed by atoms with Gasteiger partial charge in [0.15, 0.2) is 0 Å². The smallest absolute Gasteiger partial charge is 0.306 e. The normalized spacial score (nSPS) is 19.4. The van der Waals surface area contributed by atoms with Crippen LogP contribution in [-0.2, 0) is 9.53 Å². The standard InChI is InChI=1S/C23H45NO2.C8H18N2/c1-2-3-4-5-6-7-8-9-10-11-12-13-14-15-16-17-23(25)26-22-18-20-24-21-19-22;1-7(2)5-9-6-8(3,4)10-7/h22,24H,2-21H2,1H3;9-10H,5-6H2,1-4H3. The maximum absolute atomic E-state index is 11.8. The van der Waals surface area contributed by atoms with E-state index in [0.717, 1.165) is 45.4 Å². The minimum absolute atomic E-state index is 0.0200. The molecule has 2 fully saturated rings. The Hall–Kier alpha value is -0.650. The highest BCUT2D eigenvalue weighted by Gasteiger charge is 2.31. The Balaban J connectivity index is 0.000000537. The number of esters is 1. The van der Waals surface area contributed by atoms with Gasteiger partial charge in [-0.2, -0.15) is 0 Å². The van der Waals surface area contributed by atoms with Crippen molar-refractivity contribution < 1.29 is 9.53 Å². The summed E-state index contributed by atoms with van der Waals surface area (Å²) in [5.41, 5.74) is 0.503. The number of hydrogen-bond donors (Lipinski definition) is 3. The molecule has 0 unspecified atom stereocenters. The summed E-state index contributed by atoms with van der Waals surface area (Å²) in [6.07, 6.45) is 23.1. The van der Waals surface area contributed by atoms with Crippen LogP contribution in [0.15, 0.2) is 0 Å². The lowest BCUT2D eigenvalue weighted by Gasteiger charge is -2.42. The molecule has 36 heavy (non-hydrogen) atoms. The molecule has 0 bridgehead atoms. The van der Waals surface area contributed by atoms with Gasteiger partial charge in [0.05, 0.1) is 0 Å². The molecule has 5 nitrogen and oxygen atoms in total. The Morgan fingerprint density at radius 3 is 1.47 bits per heavy atom. The summed E-state index contributed by atoms with van der Waals surface area (Å²) in [5, 5.41) is 10.3. The van der Waals surface area contributed by atoms with Gasteiger partial charge in [-0.1, -0.05) is 96.8 Å². The lowest BCUT2D eigenvalue weighted by molar-refractivity contribution is -0.150. The maximum Gasteiger partial charge on any atom is 0.306 e. The van der Waals surface area contributed by atoms with E-state index >= 15 is 0 Å². The van der Waals surface area contributed by atoms with Crippen molar-refractivity contribution in [1.29, 1.82) is 0 Å². The first-order chi connectivity index (χ1) is 17.2. The molecule has 5 heteroatoms. The zero-order valence-corrected chi connectivity index (χ0v) is 25.0. The lowest BCUT2D eigenvalue weighted by atomic mass is 9.93. The summed E-state index contributed by atoms with van der Waals surface area (Å²) in [4.78, 5) is 11.8. The summed E-state index contributed by atoms with van der Waals surface area (Å²) in [6, 6.07) is 0. The van der Waals surface area contributed by atoms with Crippen LogP contribution in [0.1, 0.15) is 150 Å². The van der Waals surface area contributed by atoms with Gasteiger partial charge in [0.2, 0.25) is 0 Å². The molecule has 3 N–H and O–H groups in total. The third-order valence-electron chi connectivity index (χ3n) is 7.38. The summed E-state index contributed by atoms with van der Waals surface area (Å²) < 4.78 is 5.53. The quantitative estimate of drug-likeness (QED) is 0.142. The molecule has 0 aromatic heterocycles. The lowest BCUT2D eigenvalue weighted by Crippen LogP contribution is -2.65. The Morgan fingerprint density at radius 2 is 1.08 bits per heavy atom. The van der Waals surface area contributed by atoms with E-state index in [1.807, 2.05) is 0 Å². The van der Waals surface area contributed by atoms with Crippen molar-refractivity contribution in [2.24, 2.45) is 0 Å². The van der Waals surface area contributed by atoms with Crippen molar-refractivity contribution >= 4 is 5.97 Å². The number of nitrogens with one attached hydrogen (secondary N) is 3. The number of piperidine rings is 1. The second kappa shape index (κ2) is 20.3. The van der Waals surface area contributed by atoms with Gasteiger partial charge < -0.3 is 20.7 Å². The van der Waals surface area contributed by atoms with Gasteiger partial charge in [-0.25, -0.2) is 0 Å². The Bertz CT molecular complexity index is 516. The van der Waals surface area contributed by atoms with Crippen LogP contribution in [-0.4, -0.2) is 49.3 Å². The van der Waals surface area contributed by atoms with E-state index in [1.165, 1.54) is 89.9 Å². The number of ether oxygens (including phenoxy) is 1. The largest absolute Gasteiger partial charge is 0.462 e. The van der Waals surface area contributed by atoms with E-state index in [0.29, 0.717) is 6.42 Å². The Kier molecular flexibility index (Phi) is 18.8. The molecule has 0 radical (unpaired) electrons. The minimum atomic E-state index is 0.0200. The van der Waals surface area contributed by atoms with Crippen molar-refractivity contribution in [1.82, 2.24) is 16.0 Å². The SMILES string of the molecule is CC1(C)CNCC(C)(C)N1.CCCCCCCCCCCCCCCCCC(=O)OC1CCNCC1. The molecular formula is C31H63N3O2. The number of piperazine rings is 1. The molecule has 0 amide bonds. The average Bonchev–Trinajstić information content (AvgIpc) is 2.81. The molecule has 0 atom stereocenters. The van der Waals surface area contributed by atoms with Crippen molar-refractivity contribution in [3.63, 3.8) is 0 Å². The molecule has 214 valence electrons. The third-order valence-corrected chi connectivity index (χ3v) is 7.38. The molecule has 0 aromatic carbocycles. The van der Waals surface area contributed by atoms with Gasteiger partial charge in [0.1, 0.15) is 6.10 Å². The van der Waals surface area contributed by atoms with E-state index in [4.69, 9.17) is 4.74 Å². The number of carbonyl (C=O) groups excluding carboxylic acids is 1. The fourth-order valence-electron chi connectivity index (χ4n) is 5.49. The zero-order valence-electron chi connectivity index (χ0n) is 25.0. The molecular weight excluding hydrogens is 446 g/mol. The van der Waals surface area contributed by atoms with Crippen LogP contribution in [0.2, 0.25) is 0 Å². The van der Waals surface area contributed by atoms with Crippen molar-refractivity contribution in [3.8, 4) is 0 Å². The van der Waals surface area contributed by atoms with Gasteiger partial charge in [0.25, 0.3) is 0 Å². The molecule has 0 aromatic rings. The van der Waals surface area contributed by atoms with Crippen LogP contribution in [0, 0.1) is 0 Å². The van der Waals surface area contributed by atoms with Gasteiger partial charge in [-0.3, -0.25) is 4.79 Å². The van der Waals surface area contributed by atoms with Gasteiger partial charge in [0, 0.05) is 30.6 Å². The highest BCUT2D eigenvalue weighted by molar-refractivity contribution is 5.69. The molecule has 2 aliphatic rings. The van der Waals surface area contributed by atoms with E-state index in [1.54, 1.807) is 0 Å². The van der Waals surface area contributed by atoms with Crippen LogP contribution in [0.3, 0.4) is 0 Å². The Labute approximate surface area is 225 Å². The highest BCUT2D eigenvalue weighted by Crippen LogP contribution is 2.15. The first kappa shape index (κ1) is 33.4. The number of rotatable bonds is 17. The fourth-order valence-corrected chi connectivity index (χ4v) is 5.49. The van der Waals surface area contributed by atoms with Crippen molar-refractivity contribution in [3.05, 3.63) is 0 Å². The van der Waals surface area contributed by atoms with Crippen LogP contribution in [0.5, 0.6) is 0 Å². The molecule has 2 aliphatic heterocycles. The molecule has 2 rings (SSSR count). The highest BCUT2D eigenvalue weighted by atomic mass is 16.5. The molecule has 0 saturated carbocycles. The average molecular weight is 510 g/mol. The van der Waals surface area contributed by atoms with Gasteiger partial charge in [-0.05, 0) is 60.0 Å². The number of unbranched alkanes of at least 4 members (excludes halogenated alkanes) is 14. The van der Waals surface area contributed by atoms with Crippen LogP contribution in [0.25, 0.3) is 0 Å². The minimum Gasteiger partial charge on any atom is -0.462 e. The predicted molar refractivity (Wildman–Crippen MR) is 156 cm³/mol. The summed E-state index contributed by atoms with van der Waals surface area (Å²) in [7, 11) is 0. The summed E-state index contributed by atoms with van der Waals surface area (Å²) in [5.74, 6) is 0.0200. The second-order valence-electron chi connectivity index (χ2n) is 12.6. The Morgan fingerprint density at radius 1 is 0.667 bits per heavy atom. The van der Waals surface area contributed by atoms with Crippen LogP contribution >= 0.6 is 0 Å². The van der Waals surface area contributed by atoms with Gasteiger partial charge in [-0.15, -0.1) is 0 Å². The monoisotopic (exact) mass is 509 g/mol. The molecule has 2 saturated heterocycles. The second-order valence-corrected chi connectivity index (χ2v) is 12.6. The van der Waals surface area contributed by atoms with E-state index in [9.17, 15) is 4.79 Å². The summed E-state index contributed by atoms with van der Waals surface area (Å²) in [6.45, 7) is 15.3. The molecule has 0 aliphatic carbocycles.